The summed E-state index contributed by atoms with van der Waals surface area (Å²) in [6.07, 6.45) is 5.71. The second-order valence-corrected chi connectivity index (χ2v) is 6.67. The zero-order chi connectivity index (χ0) is 16.2. The monoisotopic (exact) mass is 374 g/mol. The van der Waals surface area contributed by atoms with Gasteiger partial charge in [0.15, 0.2) is 0 Å². The van der Waals surface area contributed by atoms with Crippen molar-refractivity contribution in [3.8, 4) is 0 Å². The molecule has 1 fully saturated rings. The highest BCUT2D eigenvalue weighted by Gasteiger charge is 2.23. The van der Waals surface area contributed by atoms with Crippen molar-refractivity contribution in [2.45, 2.75) is 31.8 Å². The van der Waals surface area contributed by atoms with Gasteiger partial charge in [-0.25, -0.2) is 4.79 Å². The Hall–Kier alpha value is -2.08. The molecule has 1 aliphatic carbocycles. The van der Waals surface area contributed by atoms with Crippen molar-refractivity contribution in [2.24, 2.45) is 0 Å². The molecule has 120 valence electrons. The van der Waals surface area contributed by atoms with Gasteiger partial charge in [0.2, 0.25) is 0 Å². The molecular weight excluding hydrogens is 356 g/mol. The number of hydrogen-bond donors (Lipinski definition) is 3. The summed E-state index contributed by atoms with van der Waals surface area (Å²) in [7, 11) is 0. The number of anilines is 2. The Morgan fingerprint density at radius 1 is 1.22 bits per heavy atom. The number of nitrogens with zero attached hydrogens (tertiary/aromatic N) is 1. The maximum Gasteiger partial charge on any atom is 0.319 e. The van der Waals surface area contributed by atoms with Gasteiger partial charge in [-0.1, -0.05) is 12.1 Å². The maximum atomic E-state index is 11.7. The molecule has 3 N–H and O–H groups in total. The molecule has 1 atom stereocenters. The molecule has 1 aromatic heterocycles. The Morgan fingerprint density at radius 3 is 2.61 bits per heavy atom. The average Bonchev–Trinajstić information content (AvgIpc) is 3.31. The van der Waals surface area contributed by atoms with E-state index in [0.717, 1.165) is 34.3 Å². The molecule has 0 saturated heterocycles. The molecule has 1 aromatic carbocycles. The van der Waals surface area contributed by atoms with Crippen LogP contribution in [0.4, 0.5) is 16.2 Å². The van der Waals surface area contributed by atoms with Gasteiger partial charge < -0.3 is 16.0 Å². The predicted molar refractivity (Wildman–Crippen MR) is 95.6 cm³/mol. The van der Waals surface area contributed by atoms with E-state index < -0.39 is 0 Å². The van der Waals surface area contributed by atoms with E-state index in [1.165, 1.54) is 0 Å². The molecule has 0 bridgehead atoms. The minimum Gasteiger partial charge on any atom is -0.377 e. The minimum atomic E-state index is -0.133. The van der Waals surface area contributed by atoms with Crippen LogP contribution in [0.2, 0.25) is 0 Å². The van der Waals surface area contributed by atoms with E-state index in [-0.39, 0.29) is 12.1 Å². The number of amides is 2. The lowest BCUT2D eigenvalue weighted by Gasteiger charge is -2.16. The Morgan fingerprint density at radius 2 is 1.96 bits per heavy atom. The van der Waals surface area contributed by atoms with E-state index in [1.54, 1.807) is 12.4 Å². The van der Waals surface area contributed by atoms with Crippen molar-refractivity contribution < 1.29 is 4.79 Å². The lowest BCUT2D eigenvalue weighted by molar-refractivity contribution is 0.251. The molecule has 23 heavy (non-hydrogen) atoms. The van der Waals surface area contributed by atoms with Gasteiger partial charge in [-0.2, -0.15) is 0 Å². The van der Waals surface area contributed by atoms with Gasteiger partial charge in [-0.05, 0) is 59.5 Å². The molecule has 5 nitrogen and oxygen atoms in total. The maximum absolute atomic E-state index is 11.7. The van der Waals surface area contributed by atoms with Crippen LogP contribution in [0, 0.1) is 0 Å². The van der Waals surface area contributed by atoms with Crippen LogP contribution in [0.15, 0.2) is 47.2 Å². The van der Waals surface area contributed by atoms with Crippen LogP contribution < -0.4 is 16.0 Å². The topological polar surface area (TPSA) is 66.0 Å². The lowest BCUT2D eigenvalue weighted by Crippen LogP contribution is -2.30. The predicted octanol–water partition coefficient (Wildman–Crippen LogP) is 4.30. The van der Waals surface area contributed by atoms with Crippen LogP contribution in [0.25, 0.3) is 0 Å². The first-order valence-corrected chi connectivity index (χ1v) is 8.44. The summed E-state index contributed by atoms with van der Waals surface area (Å²) in [5, 5.41) is 9.16. The first kappa shape index (κ1) is 15.8. The third-order valence-electron chi connectivity index (χ3n) is 3.67. The van der Waals surface area contributed by atoms with Crippen LogP contribution >= 0.6 is 15.9 Å². The van der Waals surface area contributed by atoms with E-state index in [0.29, 0.717) is 6.04 Å². The molecule has 1 unspecified atom stereocenters. The lowest BCUT2D eigenvalue weighted by atomic mass is 10.1. The molecule has 3 rings (SSSR count). The number of rotatable bonds is 5. The number of carbonyl (C=O) groups excluding carboxylic acids is 1. The Bertz CT molecular complexity index is 685. The fraction of sp³-hybridized carbons (Fsp3) is 0.294. The summed E-state index contributed by atoms with van der Waals surface area (Å²) in [6.45, 7) is 2.09. The highest BCUT2D eigenvalue weighted by molar-refractivity contribution is 9.10. The molecular formula is C17H19BrN4O. The summed E-state index contributed by atoms with van der Waals surface area (Å²) in [6, 6.07) is 10.2. The van der Waals surface area contributed by atoms with Crippen molar-refractivity contribution in [2.75, 3.05) is 10.6 Å². The van der Waals surface area contributed by atoms with Crippen LogP contribution in [-0.4, -0.2) is 17.1 Å². The number of halogens is 1. The summed E-state index contributed by atoms with van der Waals surface area (Å²) in [5.41, 5.74) is 2.89. The molecule has 6 heteroatoms. The van der Waals surface area contributed by atoms with Gasteiger partial charge in [-0.15, -0.1) is 0 Å². The van der Waals surface area contributed by atoms with Gasteiger partial charge in [0.05, 0.1) is 11.9 Å². The van der Waals surface area contributed by atoms with Gasteiger partial charge in [0.25, 0.3) is 0 Å². The SMILES string of the molecule is CC(Nc1cncc(Br)c1)c1ccc(NC(=O)NC2CC2)cc1. The van der Waals surface area contributed by atoms with Gasteiger partial charge >= 0.3 is 6.03 Å². The van der Waals surface area contributed by atoms with Crippen molar-refractivity contribution in [1.29, 1.82) is 0 Å². The van der Waals surface area contributed by atoms with Crippen LogP contribution in [0.3, 0.4) is 0 Å². The van der Waals surface area contributed by atoms with E-state index in [2.05, 4.69) is 43.8 Å². The van der Waals surface area contributed by atoms with Crippen LogP contribution in [0.5, 0.6) is 0 Å². The number of nitrogens with one attached hydrogen (secondary N) is 3. The largest absolute Gasteiger partial charge is 0.377 e. The standard InChI is InChI=1S/C17H19BrN4O/c1-11(20-16-8-13(18)9-19-10-16)12-2-4-14(5-3-12)21-17(23)22-15-6-7-15/h2-5,8-11,15,20H,6-7H2,1H3,(H2,21,22,23). The molecule has 2 amide bonds. The fourth-order valence-electron chi connectivity index (χ4n) is 2.26. The fourth-order valence-corrected chi connectivity index (χ4v) is 2.62. The Kier molecular flexibility index (Phi) is 4.81. The number of benzene rings is 1. The molecule has 1 heterocycles. The van der Waals surface area contributed by atoms with Gasteiger partial charge in [-0.3, -0.25) is 4.98 Å². The summed E-state index contributed by atoms with van der Waals surface area (Å²) >= 11 is 3.41. The highest BCUT2D eigenvalue weighted by Crippen LogP contribution is 2.22. The molecule has 2 aromatic rings. The quantitative estimate of drug-likeness (QED) is 0.730. The molecule has 0 spiro atoms. The molecule has 1 saturated carbocycles. The zero-order valence-corrected chi connectivity index (χ0v) is 14.4. The van der Waals surface area contributed by atoms with Crippen molar-refractivity contribution >= 4 is 33.3 Å². The van der Waals surface area contributed by atoms with Crippen LogP contribution in [-0.2, 0) is 0 Å². The summed E-state index contributed by atoms with van der Waals surface area (Å²) in [5.74, 6) is 0. The smallest absolute Gasteiger partial charge is 0.319 e. The third kappa shape index (κ3) is 4.69. The second-order valence-electron chi connectivity index (χ2n) is 5.75. The number of urea groups is 1. The van der Waals surface area contributed by atoms with E-state index in [4.69, 9.17) is 0 Å². The minimum absolute atomic E-state index is 0.133. The average molecular weight is 375 g/mol. The van der Waals surface area contributed by atoms with E-state index in [9.17, 15) is 4.79 Å². The van der Waals surface area contributed by atoms with Crippen LogP contribution in [0.1, 0.15) is 31.4 Å². The second kappa shape index (κ2) is 7.00. The first-order chi connectivity index (χ1) is 11.1. The van der Waals surface area contributed by atoms with Crippen molar-refractivity contribution in [1.82, 2.24) is 10.3 Å². The zero-order valence-electron chi connectivity index (χ0n) is 12.8. The van der Waals surface area contributed by atoms with E-state index >= 15 is 0 Å². The van der Waals surface area contributed by atoms with Crippen molar-refractivity contribution in [3.05, 3.63) is 52.8 Å². The third-order valence-corrected chi connectivity index (χ3v) is 4.10. The van der Waals surface area contributed by atoms with E-state index in [1.807, 2.05) is 30.3 Å². The number of pyridine rings is 1. The Labute approximate surface area is 144 Å². The molecule has 0 radical (unpaired) electrons. The summed E-state index contributed by atoms with van der Waals surface area (Å²) in [4.78, 5) is 15.9. The Balaban J connectivity index is 1.58. The number of aromatic nitrogens is 1. The molecule has 0 aliphatic heterocycles. The van der Waals surface area contributed by atoms with Gasteiger partial charge in [0, 0.05) is 28.4 Å². The number of carbonyl (C=O) groups is 1. The van der Waals surface area contributed by atoms with Gasteiger partial charge in [0.1, 0.15) is 0 Å². The number of hydrogen-bond acceptors (Lipinski definition) is 3. The summed E-state index contributed by atoms with van der Waals surface area (Å²) < 4.78 is 0.941. The van der Waals surface area contributed by atoms with Crippen molar-refractivity contribution in [3.63, 3.8) is 0 Å². The molecule has 1 aliphatic rings. The normalized spacial score (nSPS) is 14.9. The first-order valence-electron chi connectivity index (χ1n) is 7.65. The highest BCUT2D eigenvalue weighted by atomic mass is 79.9.